The Labute approximate surface area is 159 Å². The highest BCUT2D eigenvalue weighted by Gasteiger charge is 2.36. The largest absolute Gasteiger partial charge is 0.344 e. The topological polar surface area (TPSA) is 75.6 Å². The van der Waals surface area contributed by atoms with Gasteiger partial charge in [-0.15, -0.1) is 0 Å². The fraction of sp³-hybridized carbons (Fsp3) is 0.381. The zero-order valence-corrected chi connectivity index (χ0v) is 16.0. The molecule has 2 aromatic heterocycles. The lowest BCUT2D eigenvalue weighted by Crippen LogP contribution is -2.37. The predicted molar refractivity (Wildman–Crippen MR) is 104 cm³/mol. The van der Waals surface area contributed by atoms with Crippen molar-refractivity contribution >= 4 is 5.91 Å². The van der Waals surface area contributed by atoms with Crippen molar-refractivity contribution in [2.75, 3.05) is 0 Å². The molecule has 0 fully saturated rings. The van der Waals surface area contributed by atoms with E-state index in [-0.39, 0.29) is 17.4 Å². The number of hydrogen-bond acceptors (Lipinski definition) is 3. The molecule has 6 heteroatoms. The molecule has 27 heavy (non-hydrogen) atoms. The molecular formula is C21H25N5O. The summed E-state index contributed by atoms with van der Waals surface area (Å²) in [6, 6.07) is 11.9. The number of hydrogen-bond donors (Lipinski definition) is 2. The number of rotatable bonds is 4. The number of aromatic amines is 1. The maximum atomic E-state index is 12.7. The summed E-state index contributed by atoms with van der Waals surface area (Å²) in [7, 11) is 0. The Hall–Kier alpha value is -2.89. The van der Waals surface area contributed by atoms with Gasteiger partial charge in [-0.05, 0) is 42.9 Å². The first kappa shape index (κ1) is 17.5. The third-order valence-corrected chi connectivity index (χ3v) is 5.23. The number of H-pyrrole nitrogens is 1. The van der Waals surface area contributed by atoms with Crippen LogP contribution in [0.2, 0.25) is 0 Å². The molecule has 0 unspecified atom stereocenters. The summed E-state index contributed by atoms with van der Waals surface area (Å²) in [5.41, 5.74) is 4.77. The molecule has 0 saturated heterocycles. The van der Waals surface area contributed by atoms with Gasteiger partial charge in [0.25, 0.3) is 5.91 Å². The molecule has 2 N–H and O–H groups in total. The molecule has 1 aliphatic carbocycles. The van der Waals surface area contributed by atoms with Gasteiger partial charge in [0.2, 0.25) is 0 Å². The van der Waals surface area contributed by atoms with E-state index in [4.69, 9.17) is 0 Å². The lowest BCUT2D eigenvalue weighted by molar-refractivity contribution is 0.0914. The van der Waals surface area contributed by atoms with Gasteiger partial charge in [-0.3, -0.25) is 9.89 Å². The number of aromatic nitrogens is 4. The normalized spacial score (nSPS) is 18.1. The molecule has 6 nitrogen and oxygen atoms in total. The van der Waals surface area contributed by atoms with E-state index in [9.17, 15) is 4.79 Å². The van der Waals surface area contributed by atoms with Gasteiger partial charge in [-0.2, -0.15) is 10.2 Å². The minimum Gasteiger partial charge on any atom is -0.344 e. The van der Waals surface area contributed by atoms with Gasteiger partial charge < -0.3 is 5.32 Å². The SMILES string of the molecule is CCc1cc(C(=O)N[C@@H]2CC(C)(C)Cc3c2cnn3-c2ccccc2)n[nH]1. The monoisotopic (exact) mass is 363 g/mol. The lowest BCUT2D eigenvalue weighted by atomic mass is 9.74. The molecule has 3 aromatic rings. The quantitative estimate of drug-likeness (QED) is 0.744. The highest BCUT2D eigenvalue weighted by Crippen LogP contribution is 2.41. The number of carbonyl (C=O) groups is 1. The maximum absolute atomic E-state index is 12.7. The summed E-state index contributed by atoms with van der Waals surface area (Å²) in [5.74, 6) is -0.146. The Morgan fingerprint density at radius 3 is 2.81 bits per heavy atom. The summed E-state index contributed by atoms with van der Waals surface area (Å²) >= 11 is 0. The molecule has 0 spiro atoms. The first-order chi connectivity index (χ1) is 13.0. The van der Waals surface area contributed by atoms with E-state index >= 15 is 0 Å². The van der Waals surface area contributed by atoms with Crippen LogP contribution in [0.4, 0.5) is 0 Å². The Balaban J connectivity index is 1.65. The minimum absolute atomic E-state index is 0.0671. The van der Waals surface area contributed by atoms with Gasteiger partial charge in [0.05, 0.1) is 23.6 Å². The van der Waals surface area contributed by atoms with E-state index in [0.29, 0.717) is 5.69 Å². The average Bonchev–Trinajstić information content (AvgIpc) is 3.28. The van der Waals surface area contributed by atoms with E-state index in [2.05, 4.69) is 46.6 Å². The predicted octanol–water partition coefficient (Wildman–Crippen LogP) is 3.60. The van der Waals surface area contributed by atoms with Crippen LogP contribution in [0.25, 0.3) is 5.69 Å². The highest BCUT2D eigenvalue weighted by molar-refractivity contribution is 5.92. The van der Waals surface area contributed by atoms with Crippen LogP contribution in [0, 0.1) is 5.41 Å². The molecule has 0 saturated carbocycles. The third kappa shape index (κ3) is 3.39. The molecule has 0 radical (unpaired) electrons. The lowest BCUT2D eigenvalue weighted by Gasteiger charge is -2.35. The Bertz CT molecular complexity index is 954. The first-order valence-electron chi connectivity index (χ1n) is 9.44. The van der Waals surface area contributed by atoms with Crippen LogP contribution < -0.4 is 5.32 Å². The number of fused-ring (bicyclic) bond motifs is 1. The van der Waals surface area contributed by atoms with Crippen molar-refractivity contribution in [3.05, 3.63) is 65.2 Å². The standard InChI is InChI=1S/C21H25N5O/c1-4-14-10-17(25-24-14)20(27)23-18-11-21(2,3)12-19-16(18)13-22-26(19)15-8-6-5-7-9-15/h5-10,13,18H,4,11-12H2,1-3H3,(H,23,27)(H,24,25)/t18-/m1/s1. The van der Waals surface area contributed by atoms with Crippen molar-refractivity contribution in [1.82, 2.24) is 25.3 Å². The molecule has 4 rings (SSSR count). The number of nitrogens with one attached hydrogen (secondary N) is 2. The molecule has 140 valence electrons. The van der Waals surface area contributed by atoms with Crippen LogP contribution in [0.5, 0.6) is 0 Å². The number of amides is 1. The molecule has 1 aromatic carbocycles. The number of para-hydroxylation sites is 1. The van der Waals surface area contributed by atoms with Crippen molar-refractivity contribution in [2.24, 2.45) is 5.41 Å². The molecule has 0 bridgehead atoms. The molecule has 2 heterocycles. The second kappa shape index (κ2) is 6.68. The Morgan fingerprint density at radius 2 is 2.11 bits per heavy atom. The molecule has 1 amide bonds. The van der Waals surface area contributed by atoms with Crippen LogP contribution in [0.3, 0.4) is 0 Å². The summed E-state index contributed by atoms with van der Waals surface area (Å²) in [5, 5.41) is 14.8. The van der Waals surface area contributed by atoms with Crippen molar-refractivity contribution in [1.29, 1.82) is 0 Å². The number of nitrogens with zero attached hydrogens (tertiary/aromatic N) is 3. The van der Waals surface area contributed by atoms with Gasteiger partial charge in [0, 0.05) is 11.3 Å². The van der Waals surface area contributed by atoms with E-state index in [1.54, 1.807) is 0 Å². The van der Waals surface area contributed by atoms with E-state index in [1.165, 1.54) is 5.69 Å². The van der Waals surface area contributed by atoms with Crippen molar-refractivity contribution in [3.8, 4) is 5.69 Å². The van der Waals surface area contributed by atoms with Crippen LogP contribution >= 0.6 is 0 Å². The minimum atomic E-state index is -0.146. The van der Waals surface area contributed by atoms with Crippen molar-refractivity contribution < 1.29 is 4.79 Å². The summed E-state index contributed by atoms with van der Waals surface area (Å²) in [6.45, 7) is 6.51. The van der Waals surface area contributed by atoms with Crippen LogP contribution in [0.15, 0.2) is 42.6 Å². The van der Waals surface area contributed by atoms with Crippen molar-refractivity contribution in [3.63, 3.8) is 0 Å². The average molecular weight is 363 g/mol. The second-order valence-electron chi connectivity index (χ2n) is 8.00. The van der Waals surface area contributed by atoms with E-state index in [1.807, 2.05) is 42.1 Å². The molecular weight excluding hydrogens is 338 g/mol. The zero-order chi connectivity index (χ0) is 19.0. The second-order valence-corrected chi connectivity index (χ2v) is 8.00. The van der Waals surface area contributed by atoms with Gasteiger partial charge in [0.1, 0.15) is 5.69 Å². The fourth-order valence-corrected chi connectivity index (χ4v) is 3.85. The van der Waals surface area contributed by atoms with E-state index < -0.39 is 0 Å². The zero-order valence-electron chi connectivity index (χ0n) is 16.0. The van der Waals surface area contributed by atoms with Crippen LogP contribution in [0.1, 0.15) is 60.7 Å². The number of aryl methyl sites for hydroxylation is 1. The Morgan fingerprint density at radius 1 is 1.33 bits per heavy atom. The molecule has 0 aliphatic heterocycles. The molecule has 1 atom stereocenters. The van der Waals surface area contributed by atoms with Gasteiger partial charge in [-0.1, -0.05) is 39.0 Å². The number of carbonyl (C=O) groups excluding carboxylic acids is 1. The number of benzene rings is 1. The van der Waals surface area contributed by atoms with E-state index in [0.717, 1.165) is 36.2 Å². The smallest absolute Gasteiger partial charge is 0.272 e. The van der Waals surface area contributed by atoms with Gasteiger partial charge >= 0.3 is 0 Å². The fourth-order valence-electron chi connectivity index (χ4n) is 3.85. The van der Waals surface area contributed by atoms with Crippen LogP contribution in [-0.4, -0.2) is 25.9 Å². The van der Waals surface area contributed by atoms with Crippen molar-refractivity contribution in [2.45, 2.75) is 46.1 Å². The first-order valence-corrected chi connectivity index (χ1v) is 9.44. The summed E-state index contributed by atoms with van der Waals surface area (Å²) < 4.78 is 2.00. The van der Waals surface area contributed by atoms with Crippen LogP contribution in [-0.2, 0) is 12.8 Å². The van der Waals surface area contributed by atoms with Gasteiger partial charge in [0.15, 0.2) is 0 Å². The van der Waals surface area contributed by atoms with Gasteiger partial charge in [-0.25, -0.2) is 4.68 Å². The highest BCUT2D eigenvalue weighted by atomic mass is 16.2. The third-order valence-electron chi connectivity index (χ3n) is 5.23. The summed E-state index contributed by atoms with van der Waals surface area (Å²) in [4.78, 5) is 12.7. The molecule has 1 aliphatic rings. The Kier molecular flexibility index (Phi) is 4.34. The summed E-state index contributed by atoms with van der Waals surface area (Å²) in [6.07, 6.45) is 4.51. The maximum Gasteiger partial charge on any atom is 0.272 e.